The third-order valence-electron chi connectivity index (χ3n) is 15.0. The van der Waals surface area contributed by atoms with E-state index < -0.39 is 0 Å². The predicted octanol–water partition coefficient (Wildman–Crippen LogP) is 5.93. The number of anilines is 4. The molecule has 3 aromatic heterocycles. The van der Waals surface area contributed by atoms with Gasteiger partial charge in [0.1, 0.15) is 6.17 Å². The summed E-state index contributed by atoms with van der Waals surface area (Å²) >= 11 is 0. The lowest BCUT2D eigenvalue weighted by atomic mass is 9.91. The molecule has 360 valence electrons. The SMILES string of the molecule is CC(=O)N1CCc2c(c(N3CC(C#N)Cc4cc(-c5cnn(C)c5)ccc43)nn2[C@H]2CCOC2)C1.CC(=O)N1CCc2c(c(N3c4ccc(C5=NC(C)N=C5)cc4CC3CC#N)nn2[C@H]2CCOC2)C1. The molecule has 0 radical (unpaired) electrons. The van der Waals surface area contributed by atoms with Gasteiger partial charge in [-0.3, -0.25) is 33.6 Å². The number of aliphatic imine (C=N–C) groups is 2. The molecule has 5 atom stereocenters. The number of aromatic nitrogens is 6. The molecule has 7 aliphatic rings. The Kier molecular flexibility index (Phi) is 12.1. The lowest BCUT2D eigenvalue weighted by molar-refractivity contribution is -0.130. The lowest BCUT2D eigenvalue weighted by Crippen LogP contribution is -2.36. The van der Waals surface area contributed by atoms with Crippen LogP contribution in [0.15, 0.2) is 58.8 Å². The number of fused-ring (bicyclic) bond motifs is 4. The number of carbonyl (C=O) groups excluding carboxylic acids is 2. The summed E-state index contributed by atoms with van der Waals surface area (Å²) in [5, 5.41) is 34.2. The molecule has 18 heteroatoms. The molecular weight excluding hydrogens is 885 g/mol. The maximum Gasteiger partial charge on any atom is 0.219 e. The van der Waals surface area contributed by atoms with Crippen molar-refractivity contribution in [2.24, 2.45) is 23.0 Å². The van der Waals surface area contributed by atoms with Gasteiger partial charge in [-0.1, -0.05) is 12.1 Å². The molecule has 2 fully saturated rings. The van der Waals surface area contributed by atoms with Gasteiger partial charge < -0.3 is 29.1 Å². The molecule has 70 heavy (non-hydrogen) atoms. The fourth-order valence-corrected chi connectivity index (χ4v) is 11.4. The van der Waals surface area contributed by atoms with Crippen LogP contribution in [0.1, 0.15) is 91.3 Å². The number of aryl methyl sites for hydroxylation is 1. The minimum Gasteiger partial charge on any atom is -0.379 e. The minimum atomic E-state index is -0.144. The van der Waals surface area contributed by atoms with Gasteiger partial charge in [0, 0.05) is 124 Å². The Hall–Kier alpha value is -7.15. The van der Waals surface area contributed by atoms with Crippen molar-refractivity contribution in [1.82, 2.24) is 39.1 Å². The van der Waals surface area contributed by atoms with Crippen LogP contribution in [0.25, 0.3) is 11.1 Å². The Morgan fingerprint density at radius 3 is 2.01 bits per heavy atom. The van der Waals surface area contributed by atoms with Crippen LogP contribution >= 0.6 is 0 Å². The van der Waals surface area contributed by atoms with Gasteiger partial charge in [0.25, 0.3) is 0 Å². The summed E-state index contributed by atoms with van der Waals surface area (Å²) in [4.78, 5) is 41.7. The molecule has 10 heterocycles. The largest absolute Gasteiger partial charge is 0.379 e. The van der Waals surface area contributed by atoms with Gasteiger partial charge in [-0.2, -0.15) is 25.8 Å². The summed E-state index contributed by atoms with van der Waals surface area (Å²) in [6, 6.07) is 18.1. The highest BCUT2D eigenvalue weighted by Gasteiger charge is 2.39. The van der Waals surface area contributed by atoms with Crippen LogP contribution in [0, 0.1) is 28.6 Å². The monoisotopic (exact) mass is 942 g/mol. The number of nitriles is 2. The van der Waals surface area contributed by atoms with Crippen LogP contribution in [0.5, 0.6) is 0 Å². The Balaban J connectivity index is 0.000000152. The zero-order valence-corrected chi connectivity index (χ0v) is 40.3. The van der Waals surface area contributed by atoms with Crippen molar-refractivity contribution in [3.8, 4) is 23.3 Å². The molecule has 0 spiro atoms. The number of amides is 2. The second-order valence-electron chi connectivity index (χ2n) is 19.5. The molecule has 5 aromatic rings. The van der Waals surface area contributed by atoms with Crippen LogP contribution < -0.4 is 9.80 Å². The van der Waals surface area contributed by atoms with E-state index in [1.165, 1.54) is 17.0 Å². The predicted molar refractivity (Wildman–Crippen MR) is 262 cm³/mol. The van der Waals surface area contributed by atoms with Crippen molar-refractivity contribution < 1.29 is 19.1 Å². The van der Waals surface area contributed by atoms with Gasteiger partial charge in [0.15, 0.2) is 11.6 Å². The summed E-state index contributed by atoms with van der Waals surface area (Å²) < 4.78 is 17.4. The normalized spacial score (nSPS) is 23.2. The van der Waals surface area contributed by atoms with E-state index in [1.54, 1.807) is 18.5 Å². The first-order valence-corrected chi connectivity index (χ1v) is 24.6. The first-order valence-electron chi connectivity index (χ1n) is 24.6. The summed E-state index contributed by atoms with van der Waals surface area (Å²) in [7, 11) is 1.91. The maximum atomic E-state index is 12.3. The standard InChI is InChI=1S/2C26H29N7O2/c1-16-28-13-23(29-16)18-3-4-24-19(11-18)12-20(5-8-27)32(24)26-22-14-31(17(2)34)9-6-25(22)33(30-26)21-7-10-35-15-21;1-17(34)31-7-5-25-23(15-31)26(29-33(25)22-6-8-35-16-22)32-13-18(11-27)9-20-10-19(3-4-24(20)32)21-12-28-30(2)14-21/h3-4,11,13,16,20-21H,5-7,9-10,12,14-15H2,1-2H3;3-4,10,12,14,18,22H,5-9,13,15-16H2,1-2H3/t16?,20?,21-;18?,22-/m00/s1. The Labute approximate surface area is 407 Å². The van der Waals surface area contributed by atoms with E-state index in [9.17, 15) is 20.1 Å². The van der Waals surface area contributed by atoms with E-state index >= 15 is 0 Å². The molecule has 0 saturated carbocycles. The molecule has 18 nitrogen and oxygen atoms in total. The highest BCUT2D eigenvalue weighted by Crippen LogP contribution is 2.45. The molecule has 7 aliphatic heterocycles. The van der Waals surface area contributed by atoms with E-state index in [1.807, 2.05) is 42.4 Å². The Morgan fingerprint density at radius 2 is 1.43 bits per heavy atom. The highest BCUT2D eigenvalue weighted by molar-refractivity contribution is 6.39. The van der Waals surface area contributed by atoms with Gasteiger partial charge >= 0.3 is 0 Å². The van der Waals surface area contributed by atoms with Crippen molar-refractivity contribution in [1.29, 1.82) is 10.5 Å². The van der Waals surface area contributed by atoms with E-state index in [0.717, 1.165) is 107 Å². The van der Waals surface area contributed by atoms with Crippen molar-refractivity contribution in [3.05, 3.63) is 88.0 Å². The summed E-state index contributed by atoms with van der Waals surface area (Å²) in [6.07, 6.45) is 11.0. The number of nitrogens with zero attached hydrogens (tertiary/aromatic N) is 14. The molecule has 0 N–H and O–H groups in total. The van der Waals surface area contributed by atoms with Gasteiger partial charge in [-0.15, -0.1) is 0 Å². The van der Waals surface area contributed by atoms with Crippen molar-refractivity contribution >= 4 is 46.8 Å². The first-order chi connectivity index (χ1) is 34.0. The number of carbonyl (C=O) groups is 2. The molecule has 3 unspecified atom stereocenters. The van der Waals surface area contributed by atoms with Crippen molar-refractivity contribution in [2.75, 3.05) is 55.9 Å². The minimum absolute atomic E-state index is 0.0108. The average molecular weight is 943 g/mol. The third kappa shape index (κ3) is 8.32. The first kappa shape index (κ1) is 45.3. The van der Waals surface area contributed by atoms with E-state index in [0.29, 0.717) is 58.8 Å². The molecule has 0 aliphatic carbocycles. The van der Waals surface area contributed by atoms with Gasteiger partial charge in [-0.05, 0) is 73.6 Å². The topological polar surface area (TPSA) is 191 Å². The summed E-state index contributed by atoms with van der Waals surface area (Å²) in [6.45, 7) is 11.1. The van der Waals surface area contributed by atoms with Crippen molar-refractivity contribution in [3.63, 3.8) is 0 Å². The van der Waals surface area contributed by atoms with Gasteiger partial charge in [-0.25, -0.2) is 0 Å². The summed E-state index contributed by atoms with van der Waals surface area (Å²) in [5.41, 5.74) is 13.2. The molecule has 12 rings (SSSR count). The smallest absolute Gasteiger partial charge is 0.219 e. The van der Waals surface area contributed by atoms with Crippen LogP contribution in [0.2, 0.25) is 0 Å². The molecular formula is C52H58N14O4. The Bertz CT molecular complexity index is 3010. The molecule has 0 bridgehead atoms. The average Bonchev–Trinajstić information content (AvgIpc) is 4.24. The van der Waals surface area contributed by atoms with Crippen LogP contribution in [-0.2, 0) is 64.9 Å². The van der Waals surface area contributed by atoms with Crippen LogP contribution in [0.3, 0.4) is 0 Å². The van der Waals surface area contributed by atoms with Crippen LogP contribution in [0.4, 0.5) is 23.0 Å². The number of rotatable bonds is 7. The van der Waals surface area contributed by atoms with Gasteiger partial charge in [0.2, 0.25) is 11.8 Å². The zero-order valence-electron chi connectivity index (χ0n) is 40.3. The van der Waals surface area contributed by atoms with Crippen LogP contribution in [-0.4, -0.2) is 121 Å². The fraction of sp³-hybridized carbons (Fsp3) is 0.481. The molecule has 2 saturated heterocycles. The zero-order chi connectivity index (χ0) is 48.2. The van der Waals surface area contributed by atoms with E-state index in [-0.39, 0.29) is 42.0 Å². The third-order valence-corrected chi connectivity index (χ3v) is 15.0. The second-order valence-corrected chi connectivity index (χ2v) is 19.5. The number of benzene rings is 2. The van der Waals surface area contributed by atoms with Gasteiger partial charge in [0.05, 0.1) is 80.8 Å². The number of hydrogen-bond donors (Lipinski definition) is 0. The maximum absolute atomic E-state index is 12.3. The summed E-state index contributed by atoms with van der Waals surface area (Å²) in [5.74, 6) is 1.75. The van der Waals surface area contributed by atoms with E-state index in [4.69, 9.17) is 19.7 Å². The van der Waals surface area contributed by atoms with Crippen molar-refractivity contribution in [2.45, 2.75) is 103 Å². The second kappa shape index (κ2) is 18.6. The molecule has 2 aromatic carbocycles. The van der Waals surface area contributed by atoms with E-state index in [2.05, 4.69) is 82.8 Å². The number of ether oxygens (including phenoxy) is 2. The molecule has 2 amide bonds. The number of hydrogen-bond acceptors (Lipinski definition) is 13. The Morgan fingerprint density at radius 1 is 0.800 bits per heavy atom. The lowest BCUT2D eigenvalue weighted by Gasteiger charge is -2.34. The highest BCUT2D eigenvalue weighted by atomic mass is 16.5. The fourth-order valence-electron chi connectivity index (χ4n) is 11.4. The quantitative estimate of drug-likeness (QED) is 0.188.